The zero-order valence-corrected chi connectivity index (χ0v) is 15.3. The summed E-state index contributed by atoms with van der Waals surface area (Å²) in [7, 11) is 0. The zero-order chi connectivity index (χ0) is 17.3. The standard InChI is InChI=1S/C18H30N4O2/c1-5-22-10-13(8-19-22)9-21-11-14-6-7-16(15(14)12-21)20-17(23)24-18(2,3)4/h8,10,14-16H,5-7,9,11-12H2,1-4H3,(H,20,23)/t14-,15+,16+/m0/s1. The number of nitrogens with zero attached hydrogens (tertiary/aromatic N) is 3. The van der Waals surface area contributed by atoms with E-state index < -0.39 is 5.60 Å². The lowest BCUT2D eigenvalue weighted by molar-refractivity contribution is 0.0491. The monoisotopic (exact) mass is 334 g/mol. The Labute approximate surface area is 144 Å². The van der Waals surface area contributed by atoms with Gasteiger partial charge in [0, 0.05) is 44.0 Å². The third-order valence-electron chi connectivity index (χ3n) is 5.05. The first-order valence-corrected chi connectivity index (χ1v) is 9.07. The highest BCUT2D eigenvalue weighted by molar-refractivity contribution is 5.68. The van der Waals surface area contributed by atoms with Gasteiger partial charge in [-0.3, -0.25) is 9.58 Å². The lowest BCUT2D eigenvalue weighted by Gasteiger charge is -2.25. The third kappa shape index (κ3) is 4.09. The normalized spacial score (nSPS) is 27.2. The fourth-order valence-corrected chi connectivity index (χ4v) is 4.04. The van der Waals surface area contributed by atoms with Gasteiger partial charge in [0.05, 0.1) is 6.20 Å². The molecule has 24 heavy (non-hydrogen) atoms. The molecular formula is C18H30N4O2. The fourth-order valence-electron chi connectivity index (χ4n) is 4.04. The smallest absolute Gasteiger partial charge is 0.407 e. The van der Waals surface area contributed by atoms with Gasteiger partial charge in [-0.05, 0) is 52.4 Å². The third-order valence-corrected chi connectivity index (χ3v) is 5.05. The number of hydrogen-bond donors (Lipinski definition) is 1. The summed E-state index contributed by atoms with van der Waals surface area (Å²) in [5.74, 6) is 1.23. The van der Waals surface area contributed by atoms with Crippen LogP contribution in [0, 0.1) is 11.8 Å². The fraction of sp³-hybridized carbons (Fsp3) is 0.778. The molecule has 134 valence electrons. The topological polar surface area (TPSA) is 59.4 Å². The van der Waals surface area contributed by atoms with Crippen molar-refractivity contribution in [3.05, 3.63) is 18.0 Å². The van der Waals surface area contributed by atoms with E-state index in [0.717, 1.165) is 32.6 Å². The minimum atomic E-state index is -0.441. The average Bonchev–Trinajstić information content (AvgIpc) is 3.15. The molecule has 0 spiro atoms. The molecule has 3 atom stereocenters. The number of alkyl carbamates (subject to hydrolysis) is 1. The Hall–Kier alpha value is -1.56. The highest BCUT2D eigenvalue weighted by Gasteiger charge is 2.43. The number of aromatic nitrogens is 2. The molecule has 2 aliphatic rings. The number of aryl methyl sites for hydroxylation is 1. The first-order chi connectivity index (χ1) is 11.3. The second-order valence-electron chi connectivity index (χ2n) is 8.15. The molecule has 0 aromatic carbocycles. The summed E-state index contributed by atoms with van der Waals surface area (Å²) < 4.78 is 7.38. The lowest BCUT2D eigenvalue weighted by Crippen LogP contribution is -2.42. The summed E-state index contributed by atoms with van der Waals surface area (Å²) in [5, 5.41) is 7.45. The molecule has 0 unspecified atom stereocenters. The van der Waals surface area contributed by atoms with Gasteiger partial charge in [0.15, 0.2) is 0 Å². The van der Waals surface area contributed by atoms with E-state index in [1.54, 1.807) is 0 Å². The van der Waals surface area contributed by atoms with Gasteiger partial charge in [-0.2, -0.15) is 5.10 Å². The van der Waals surface area contributed by atoms with E-state index in [1.807, 2.05) is 31.6 Å². The molecule has 1 N–H and O–H groups in total. The minimum Gasteiger partial charge on any atom is -0.444 e. The van der Waals surface area contributed by atoms with Crippen molar-refractivity contribution in [1.82, 2.24) is 20.0 Å². The molecule has 1 saturated heterocycles. The van der Waals surface area contributed by atoms with Crippen molar-refractivity contribution in [2.45, 2.75) is 65.3 Å². The molecular weight excluding hydrogens is 304 g/mol. The van der Waals surface area contributed by atoms with Crippen LogP contribution >= 0.6 is 0 Å². The van der Waals surface area contributed by atoms with Crippen LogP contribution in [0.2, 0.25) is 0 Å². The summed E-state index contributed by atoms with van der Waals surface area (Å²) in [6, 6.07) is 0.244. The predicted octanol–water partition coefficient (Wildman–Crippen LogP) is 2.64. The van der Waals surface area contributed by atoms with E-state index in [4.69, 9.17) is 4.74 Å². The van der Waals surface area contributed by atoms with E-state index in [-0.39, 0.29) is 12.1 Å². The summed E-state index contributed by atoms with van der Waals surface area (Å²) >= 11 is 0. The molecule has 0 bridgehead atoms. The Morgan fingerprint density at radius 3 is 2.83 bits per heavy atom. The van der Waals surface area contributed by atoms with Crippen LogP contribution < -0.4 is 5.32 Å². The number of likely N-dealkylation sites (tertiary alicyclic amines) is 1. The molecule has 0 radical (unpaired) electrons. The summed E-state index contributed by atoms with van der Waals surface area (Å²) in [6.45, 7) is 11.8. The Morgan fingerprint density at radius 2 is 2.17 bits per heavy atom. The van der Waals surface area contributed by atoms with Gasteiger partial charge in [-0.15, -0.1) is 0 Å². The van der Waals surface area contributed by atoms with Crippen LogP contribution in [0.15, 0.2) is 12.4 Å². The number of hydrogen-bond acceptors (Lipinski definition) is 4. The number of carbonyl (C=O) groups is 1. The SMILES string of the molecule is CCn1cc(CN2C[C@@H]3CC[C@@H](NC(=O)OC(C)(C)C)[C@@H]3C2)cn1. The highest BCUT2D eigenvalue weighted by atomic mass is 16.6. The van der Waals surface area contributed by atoms with Crippen LogP contribution in [0.3, 0.4) is 0 Å². The van der Waals surface area contributed by atoms with Gasteiger partial charge < -0.3 is 10.1 Å². The summed E-state index contributed by atoms with van der Waals surface area (Å²) in [4.78, 5) is 14.5. The van der Waals surface area contributed by atoms with E-state index in [0.29, 0.717) is 11.8 Å². The Kier molecular flexibility index (Phi) is 4.85. The van der Waals surface area contributed by atoms with E-state index in [1.165, 1.54) is 12.0 Å². The predicted molar refractivity (Wildman–Crippen MR) is 92.5 cm³/mol. The maximum Gasteiger partial charge on any atom is 0.407 e. The molecule has 2 heterocycles. The lowest BCUT2D eigenvalue weighted by atomic mass is 9.98. The van der Waals surface area contributed by atoms with Crippen LogP contribution in [0.5, 0.6) is 0 Å². The van der Waals surface area contributed by atoms with Crippen molar-refractivity contribution < 1.29 is 9.53 Å². The molecule has 1 aliphatic heterocycles. The molecule has 1 aromatic heterocycles. The van der Waals surface area contributed by atoms with E-state index >= 15 is 0 Å². The maximum atomic E-state index is 12.1. The molecule has 1 saturated carbocycles. The van der Waals surface area contributed by atoms with E-state index in [9.17, 15) is 4.79 Å². The molecule has 2 fully saturated rings. The minimum absolute atomic E-state index is 0.244. The second-order valence-corrected chi connectivity index (χ2v) is 8.15. The van der Waals surface area contributed by atoms with Crippen LogP contribution in [-0.2, 0) is 17.8 Å². The first-order valence-electron chi connectivity index (χ1n) is 9.07. The van der Waals surface area contributed by atoms with Crippen LogP contribution in [0.4, 0.5) is 4.79 Å². The number of nitrogens with one attached hydrogen (secondary N) is 1. The molecule has 1 amide bonds. The van der Waals surface area contributed by atoms with Crippen molar-refractivity contribution in [2.75, 3.05) is 13.1 Å². The van der Waals surface area contributed by atoms with E-state index in [2.05, 4.69) is 28.4 Å². The Morgan fingerprint density at radius 1 is 1.38 bits per heavy atom. The summed E-state index contributed by atoms with van der Waals surface area (Å²) in [5.41, 5.74) is 0.831. The van der Waals surface area contributed by atoms with Crippen LogP contribution in [0.25, 0.3) is 0 Å². The molecule has 1 aromatic rings. The highest BCUT2D eigenvalue weighted by Crippen LogP contribution is 2.38. The van der Waals surface area contributed by atoms with Crippen molar-refractivity contribution in [2.24, 2.45) is 11.8 Å². The van der Waals surface area contributed by atoms with Crippen LogP contribution in [0.1, 0.15) is 46.1 Å². The Bertz CT molecular complexity index is 578. The van der Waals surface area contributed by atoms with Gasteiger partial charge in [0.1, 0.15) is 5.60 Å². The van der Waals surface area contributed by atoms with Gasteiger partial charge in [0.2, 0.25) is 0 Å². The van der Waals surface area contributed by atoms with Crippen molar-refractivity contribution in [3.8, 4) is 0 Å². The molecule has 6 nitrogen and oxygen atoms in total. The van der Waals surface area contributed by atoms with Crippen LogP contribution in [-0.4, -0.2) is 45.5 Å². The molecule has 1 aliphatic carbocycles. The molecule has 6 heteroatoms. The largest absolute Gasteiger partial charge is 0.444 e. The number of fused-ring (bicyclic) bond motifs is 1. The quantitative estimate of drug-likeness (QED) is 0.919. The summed E-state index contributed by atoms with van der Waals surface area (Å²) in [6.07, 6.45) is 6.07. The number of ether oxygens (including phenoxy) is 1. The number of amides is 1. The molecule has 3 rings (SSSR count). The number of rotatable bonds is 4. The first kappa shape index (κ1) is 17.3. The number of carbonyl (C=O) groups excluding carboxylic acids is 1. The van der Waals surface area contributed by atoms with Gasteiger partial charge >= 0.3 is 6.09 Å². The maximum absolute atomic E-state index is 12.1. The van der Waals surface area contributed by atoms with Gasteiger partial charge in [-0.1, -0.05) is 0 Å². The van der Waals surface area contributed by atoms with Crippen molar-refractivity contribution in [3.63, 3.8) is 0 Å². The van der Waals surface area contributed by atoms with Gasteiger partial charge in [-0.25, -0.2) is 4.79 Å². The van der Waals surface area contributed by atoms with Crippen molar-refractivity contribution >= 4 is 6.09 Å². The van der Waals surface area contributed by atoms with Crippen molar-refractivity contribution in [1.29, 1.82) is 0 Å². The zero-order valence-electron chi connectivity index (χ0n) is 15.3. The average molecular weight is 334 g/mol. The second kappa shape index (κ2) is 6.75. The Balaban J connectivity index is 1.53. The van der Waals surface area contributed by atoms with Gasteiger partial charge in [0.25, 0.3) is 0 Å².